The molecule has 1 aliphatic rings. The van der Waals surface area contributed by atoms with Crippen molar-refractivity contribution in [3.63, 3.8) is 0 Å². The maximum atomic E-state index is 6.13. The van der Waals surface area contributed by atoms with E-state index in [4.69, 9.17) is 11.6 Å². The van der Waals surface area contributed by atoms with E-state index in [1.54, 1.807) is 0 Å². The first-order chi connectivity index (χ1) is 7.75. The van der Waals surface area contributed by atoms with Crippen molar-refractivity contribution in [2.45, 2.75) is 19.9 Å². The van der Waals surface area contributed by atoms with E-state index in [2.05, 4.69) is 28.4 Å². The van der Waals surface area contributed by atoms with Crippen molar-refractivity contribution in [3.8, 4) is 0 Å². The van der Waals surface area contributed by atoms with E-state index < -0.39 is 0 Å². The molecule has 0 aliphatic carbocycles. The molecule has 1 aromatic carbocycles. The predicted molar refractivity (Wildman–Crippen MR) is 76.2 cm³/mol. The fourth-order valence-corrected chi connectivity index (χ4v) is 2.26. The molecule has 0 bridgehead atoms. The first-order valence-corrected chi connectivity index (χ1v) is 6.31. The largest absolute Gasteiger partial charge is 0.315 e. The summed E-state index contributed by atoms with van der Waals surface area (Å²) in [4.78, 5) is 2.49. The number of aryl methyl sites for hydroxylation is 1. The lowest BCUT2D eigenvalue weighted by atomic mass is 10.1. The highest BCUT2D eigenvalue weighted by Gasteiger charge is 2.09. The van der Waals surface area contributed by atoms with Gasteiger partial charge in [-0.1, -0.05) is 23.7 Å². The fourth-order valence-electron chi connectivity index (χ4n) is 2.05. The number of rotatable bonds is 2. The molecule has 0 amide bonds. The summed E-state index contributed by atoms with van der Waals surface area (Å²) in [6, 6.07) is 6.38. The molecule has 1 aromatic rings. The van der Waals surface area contributed by atoms with Gasteiger partial charge >= 0.3 is 0 Å². The Hall–Kier alpha value is -0.280. The van der Waals surface area contributed by atoms with Crippen LogP contribution in [0.1, 0.15) is 17.5 Å². The Kier molecular flexibility index (Phi) is 6.28. The highest BCUT2D eigenvalue weighted by atomic mass is 35.5. The van der Waals surface area contributed by atoms with Gasteiger partial charge in [0, 0.05) is 24.7 Å². The molecule has 1 N–H and O–H groups in total. The zero-order valence-corrected chi connectivity index (χ0v) is 11.8. The molecule has 4 heteroatoms. The van der Waals surface area contributed by atoms with Crippen LogP contribution >= 0.6 is 24.0 Å². The van der Waals surface area contributed by atoms with Crippen molar-refractivity contribution in [1.82, 2.24) is 10.2 Å². The van der Waals surface area contributed by atoms with Gasteiger partial charge in [-0.2, -0.15) is 0 Å². The van der Waals surface area contributed by atoms with E-state index in [-0.39, 0.29) is 12.4 Å². The molecule has 0 unspecified atom stereocenters. The van der Waals surface area contributed by atoms with Crippen molar-refractivity contribution in [3.05, 3.63) is 34.3 Å². The molecular weight excluding hydrogens is 255 g/mol. The second-order valence-electron chi connectivity index (χ2n) is 4.46. The summed E-state index contributed by atoms with van der Waals surface area (Å²) < 4.78 is 0. The second kappa shape index (κ2) is 7.22. The molecular formula is C13H20Cl2N2. The van der Waals surface area contributed by atoms with Crippen molar-refractivity contribution in [2.75, 3.05) is 26.2 Å². The number of hydrogen-bond acceptors (Lipinski definition) is 2. The van der Waals surface area contributed by atoms with Gasteiger partial charge in [0.15, 0.2) is 0 Å². The van der Waals surface area contributed by atoms with Crippen LogP contribution in [-0.2, 0) is 6.54 Å². The molecule has 2 nitrogen and oxygen atoms in total. The summed E-state index contributed by atoms with van der Waals surface area (Å²) in [6.07, 6.45) is 1.24. The zero-order valence-electron chi connectivity index (χ0n) is 10.2. The molecule has 1 saturated heterocycles. The first kappa shape index (κ1) is 14.8. The van der Waals surface area contributed by atoms with Gasteiger partial charge in [-0.15, -0.1) is 12.4 Å². The van der Waals surface area contributed by atoms with E-state index in [9.17, 15) is 0 Å². The van der Waals surface area contributed by atoms with E-state index in [1.165, 1.54) is 18.5 Å². The van der Waals surface area contributed by atoms with Crippen molar-refractivity contribution in [2.24, 2.45) is 0 Å². The summed E-state index contributed by atoms with van der Waals surface area (Å²) in [7, 11) is 0. The quantitative estimate of drug-likeness (QED) is 0.892. The lowest BCUT2D eigenvalue weighted by molar-refractivity contribution is 0.284. The number of halogens is 2. The van der Waals surface area contributed by atoms with Crippen molar-refractivity contribution in [1.29, 1.82) is 0 Å². The molecule has 1 heterocycles. The van der Waals surface area contributed by atoms with Gasteiger partial charge in [-0.3, -0.25) is 4.90 Å². The minimum atomic E-state index is 0. The van der Waals surface area contributed by atoms with Crippen LogP contribution < -0.4 is 5.32 Å². The Morgan fingerprint density at radius 1 is 1.29 bits per heavy atom. The zero-order chi connectivity index (χ0) is 11.4. The van der Waals surface area contributed by atoms with E-state index >= 15 is 0 Å². The van der Waals surface area contributed by atoms with Crippen LogP contribution in [0.15, 0.2) is 18.2 Å². The van der Waals surface area contributed by atoms with Gasteiger partial charge in [0.05, 0.1) is 0 Å². The normalized spacial score (nSPS) is 17.3. The van der Waals surface area contributed by atoms with Crippen LogP contribution in [0.25, 0.3) is 0 Å². The topological polar surface area (TPSA) is 15.3 Å². The Labute approximate surface area is 115 Å². The molecule has 0 radical (unpaired) electrons. The average molecular weight is 275 g/mol. The van der Waals surface area contributed by atoms with Gasteiger partial charge in [-0.25, -0.2) is 0 Å². The van der Waals surface area contributed by atoms with Crippen molar-refractivity contribution >= 4 is 24.0 Å². The fraction of sp³-hybridized carbons (Fsp3) is 0.538. The second-order valence-corrected chi connectivity index (χ2v) is 4.87. The molecule has 17 heavy (non-hydrogen) atoms. The smallest absolute Gasteiger partial charge is 0.0438 e. The van der Waals surface area contributed by atoms with Crippen LogP contribution in [0.2, 0.25) is 5.02 Å². The molecule has 1 fully saturated rings. The van der Waals surface area contributed by atoms with Crippen LogP contribution in [-0.4, -0.2) is 31.1 Å². The number of nitrogens with one attached hydrogen (secondary N) is 1. The maximum absolute atomic E-state index is 6.13. The van der Waals surface area contributed by atoms with Crippen LogP contribution in [0, 0.1) is 6.92 Å². The first-order valence-electron chi connectivity index (χ1n) is 5.94. The minimum absolute atomic E-state index is 0. The third-order valence-corrected chi connectivity index (χ3v) is 3.48. The van der Waals surface area contributed by atoms with Crippen molar-refractivity contribution < 1.29 is 0 Å². The number of hydrogen-bond donors (Lipinski definition) is 1. The molecule has 2 rings (SSSR count). The SMILES string of the molecule is Cc1ccc(CN2CCCNCC2)cc1Cl.Cl. The minimum Gasteiger partial charge on any atom is -0.315 e. The highest BCUT2D eigenvalue weighted by molar-refractivity contribution is 6.31. The summed E-state index contributed by atoms with van der Waals surface area (Å²) in [6.45, 7) is 7.61. The maximum Gasteiger partial charge on any atom is 0.0438 e. The Bertz CT molecular complexity index is 347. The number of nitrogens with zero attached hydrogens (tertiary/aromatic N) is 1. The Balaban J connectivity index is 0.00000144. The van der Waals surface area contributed by atoms with Gasteiger partial charge in [0.2, 0.25) is 0 Å². The van der Waals surface area contributed by atoms with Gasteiger partial charge in [0.1, 0.15) is 0 Å². The predicted octanol–water partition coefficient (Wildman–Crippen LogP) is 2.87. The van der Waals surface area contributed by atoms with Crippen LogP contribution in [0.4, 0.5) is 0 Å². The Morgan fingerprint density at radius 3 is 2.88 bits per heavy atom. The highest BCUT2D eigenvalue weighted by Crippen LogP contribution is 2.18. The summed E-state index contributed by atoms with van der Waals surface area (Å²) in [5.74, 6) is 0. The lowest BCUT2D eigenvalue weighted by Crippen LogP contribution is -2.27. The van der Waals surface area contributed by atoms with Gasteiger partial charge in [-0.05, 0) is 43.6 Å². The Morgan fingerprint density at radius 2 is 2.12 bits per heavy atom. The monoisotopic (exact) mass is 274 g/mol. The van der Waals surface area contributed by atoms with Gasteiger partial charge in [0.25, 0.3) is 0 Å². The molecule has 0 saturated carbocycles. The lowest BCUT2D eigenvalue weighted by Gasteiger charge is -2.19. The van der Waals surface area contributed by atoms with E-state index in [0.29, 0.717) is 0 Å². The summed E-state index contributed by atoms with van der Waals surface area (Å²) in [5, 5.41) is 4.30. The third-order valence-electron chi connectivity index (χ3n) is 3.08. The summed E-state index contributed by atoms with van der Waals surface area (Å²) >= 11 is 6.13. The third kappa shape index (κ3) is 4.47. The number of benzene rings is 1. The van der Waals surface area contributed by atoms with Gasteiger partial charge < -0.3 is 5.32 Å². The van der Waals surface area contributed by atoms with E-state index in [0.717, 1.165) is 36.8 Å². The molecule has 96 valence electrons. The van der Waals surface area contributed by atoms with Crippen LogP contribution in [0.5, 0.6) is 0 Å². The molecule has 0 atom stereocenters. The van der Waals surface area contributed by atoms with Crippen LogP contribution in [0.3, 0.4) is 0 Å². The average Bonchev–Trinajstić information content (AvgIpc) is 2.52. The van der Waals surface area contributed by atoms with E-state index in [1.807, 2.05) is 6.92 Å². The molecule has 0 aromatic heterocycles. The summed E-state index contributed by atoms with van der Waals surface area (Å²) in [5.41, 5.74) is 2.47. The molecule has 1 aliphatic heterocycles. The molecule has 0 spiro atoms. The standard InChI is InChI=1S/C13H19ClN2.ClH/c1-11-3-4-12(9-13(11)14)10-16-7-2-5-15-6-8-16;/h3-4,9,15H,2,5-8,10H2,1H3;1H.